The Morgan fingerprint density at radius 3 is 2.76 bits per heavy atom. The van der Waals surface area contributed by atoms with Crippen LogP contribution in [0.4, 0.5) is 0 Å². The second kappa shape index (κ2) is 4.60. The van der Waals surface area contributed by atoms with Crippen LogP contribution >= 0.6 is 0 Å². The van der Waals surface area contributed by atoms with Crippen LogP contribution in [0.3, 0.4) is 0 Å². The molecule has 0 aliphatic heterocycles. The van der Waals surface area contributed by atoms with Crippen LogP contribution in [0.5, 0.6) is 0 Å². The first-order valence-corrected chi connectivity index (χ1v) is 6.55. The first-order valence-electron chi connectivity index (χ1n) is 6.55. The molecule has 21 heavy (non-hydrogen) atoms. The van der Waals surface area contributed by atoms with Crippen molar-refractivity contribution in [2.24, 2.45) is 0 Å². The van der Waals surface area contributed by atoms with Gasteiger partial charge in [-0.05, 0) is 24.3 Å². The average molecular weight is 280 g/mol. The third-order valence-corrected chi connectivity index (χ3v) is 3.30. The van der Waals surface area contributed by atoms with E-state index in [1.54, 1.807) is 21.8 Å². The molecule has 3 aromatic heterocycles. The van der Waals surface area contributed by atoms with Gasteiger partial charge >= 0.3 is 0 Å². The van der Waals surface area contributed by atoms with Crippen LogP contribution < -0.4 is 0 Å². The molecule has 0 aliphatic carbocycles. The summed E-state index contributed by atoms with van der Waals surface area (Å²) in [7, 11) is 0. The van der Waals surface area contributed by atoms with Gasteiger partial charge in [0.25, 0.3) is 0 Å². The Morgan fingerprint density at radius 1 is 1.10 bits per heavy atom. The second-order valence-electron chi connectivity index (χ2n) is 4.61. The molecule has 4 aromatic rings. The maximum absolute atomic E-state index is 9.13. The van der Waals surface area contributed by atoms with Crippen LogP contribution in [0.2, 0.25) is 0 Å². The third-order valence-electron chi connectivity index (χ3n) is 3.30. The van der Waals surface area contributed by atoms with Crippen molar-refractivity contribution >= 4 is 10.9 Å². The number of benzene rings is 1. The van der Waals surface area contributed by atoms with Crippen LogP contribution in [0.15, 0.2) is 59.3 Å². The Bertz CT molecular complexity index is 890. The minimum Gasteiger partial charge on any atom is -0.457 e. The molecule has 0 saturated heterocycles. The third kappa shape index (κ3) is 1.85. The number of fused-ring (bicyclic) bond motifs is 1. The Hall–Kier alpha value is -2.86. The quantitative estimate of drug-likeness (QED) is 0.625. The highest BCUT2D eigenvalue weighted by atomic mass is 16.4. The standard InChI is InChI=1S/C15H12N4O2/c20-10-11-6-7-14(21-11)15-12-4-1-2-5-13(12)19(17-15)18-9-3-8-16-18/h1-9,20H,10H2. The fraction of sp³-hybridized carbons (Fsp3) is 0.0667. The molecule has 3 heterocycles. The predicted molar refractivity (Wildman–Crippen MR) is 76.4 cm³/mol. The van der Waals surface area contributed by atoms with Crippen LogP contribution in [0.1, 0.15) is 5.76 Å². The lowest BCUT2D eigenvalue weighted by Crippen LogP contribution is -2.10. The van der Waals surface area contributed by atoms with Crippen molar-refractivity contribution in [2.45, 2.75) is 6.61 Å². The van der Waals surface area contributed by atoms with Gasteiger partial charge in [0.2, 0.25) is 0 Å². The Kier molecular flexibility index (Phi) is 2.61. The fourth-order valence-corrected chi connectivity index (χ4v) is 2.35. The van der Waals surface area contributed by atoms with Gasteiger partial charge in [-0.25, -0.2) is 0 Å². The normalized spacial score (nSPS) is 11.3. The highest BCUT2D eigenvalue weighted by Gasteiger charge is 2.16. The van der Waals surface area contributed by atoms with Gasteiger partial charge in [-0.2, -0.15) is 14.7 Å². The highest BCUT2D eigenvalue weighted by molar-refractivity contribution is 5.92. The minimum atomic E-state index is -0.127. The average Bonchev–Trinajstić information content (AvgIpc) is 3.25. The van der Waals surface area contributed by atoms with Crippen LogP contribution in [0.25, 0.3) is 22.4 Å². The number of hydrogen-bond acceptors (Lipinski definition) is 4. The van der Waals surface area contributed by atoms with Crippen LogP contribution in [-0.4, -0.2) is 24.9 Å². The van der Waals surface area contributed by atoms with E-state index in [0.717, 1.165) is 16.6 Å². The van der Waals surface area contributed by atoms with E-state index in [4.69, 9.17) is 9.52 Å². The van der Waals surface area contributed by atoms with Crippen molar-refractivity contribution in [2.75, 3.05) is 0 Å². The van der Waals surface area contributed by atoms with Crippen molar-refractivity contribution in [3.63, 3.8) is 0 Å². The van der Waals surface area contributed by atoms with E-state index < -0.39 is 0 Å². The molecule has 0 spiro atoms. The van der Waals surface area contributed by atoms with Crippen molar-refractivity contribution in [3.05, 3.63) is 60.6 Å². The second-order valence-corrected chi connectivity index (χ2v) is 4.61. The fourth-order valence-electron chi connectivity index (χ4n) is 2.35. The van der Waals surface area contributed by atoms with E-state index in [1.807, 2.05) is 42.6 Å². The predicted octanol–water partition coefficient (Wildman–Crippen LogP) is 2.30. The van der Waals surface area contributed by atoms with E-state index in [-0.39, 0.29) is 6.61 Å². The lowest BCUT2D eigenvalue weighted by atomic mass is 10.2. The molecule has 6 nitrogen and oxygen atoms in total. The molecule has 4 rings (SSSR count). The zero-order chi connectivity index (χ0) is 14.2. The van der Waals surface area contributed by atoms with Crippen molar-refractivity contribution in [3.8, 4) is 11.5 Å². The summed E-state index contributed by atoms with van der Waals surface area (Å²) in [6.07, 6.45) is 3.53. The number of aliphatic hydroxyl groups is 1. The first kappa shape index (κ1) is 11.9. The molecule has 6 heteroatoms. The van der Waals surface area contributed by atoms with Gasteiger partial charge in [0.15, 0.2) is 5.76 Å². The van der Waals surface area contributed by atoms with E-state index >= 15 is 0 Å². The molecule has 0 bridgehead atoms. The van der Waals surface area contributed by atoms with Gasteiger partial charge in [-0.15, -0.1) is 5.10 Å². The summed E-state index contributed by atoms with van der Waals surface area (Å²) in [5, 5.41) is 18.9. The van der Waals surface area contributed by atoms with E-state index in [2.05, 4.69) is 10.2 Å². The summed E-state index contributed by atoms with van der Waals surface area (Å²) in [4.78, 5) is 3.37. The van der Waals surface area contributed by atoms with Gasteiger partial charge in [0.05, 0.1) is 17.9 Å². The molecular formula is C15H12N4O2. The zero-order valence-electron chi connectivity index (χ0n) is 11.0. The summed E-state index contributed by atoms with van der Waals surface area (Å²) in [6.45, 7) is -0.127. The van der Waals surface area contributed by atoms with E-state index in [1.165, 1.54) is 0 Å². The summed E-state index contributed by atoms with van der Waals surface area (Å²) >= 11 is 0. The molecule has 1 N–H and O–H groups in total. The molecule has 0 saturated carbocycles. The molecular weight excluding hydrogens is 268 g/mol. The van der Waals surface area contributed by atoms with Crippen LogP contribution in [0, 0.1) is 0 Å². The minimum absolute atomic E-state index is 0.127. The number of nitrogens with zero attached hydrogens (tertiary/aromatic N) is 4. The highest BCUT2D eigenvalue weighted by Crippen LogP contribution is 2.29. The van der Waals surface area contributed by atoms with Gasteiger partial charge in [0, 0.05) is 5.39 Å². The Morgan fingerprint density at radius 2 is 2.00 bits per heavy atom. The molecule has 0 amide bonds. The molecule has 0 radical (unpaired) electrons. The van der Waals surface area contributed by atoms with Gasteiger partial charge in [0.1, 0.15) is 18.1 Å². The maximum atomic E-state index is 9.13. The number of para-hydroxylation sites is 1. The van der Waals surface area contributed by atoms with Crippen LogP contribution in [-0.2, 0) is 6.61 Å². The first-order chi connectivity index (χ1) is 10.4. The molecule has 0 fully saturated rings. The Balaban J connectivity index is 1.97. The SMILES string of the molecule is OCc1ccc(-c2nn(-n3cccn3)c3ccccc23)o1. The number of hydrogen-bond donors (Lipinski definition) is 1. The van der Waals surface area contributed by atoms with Crippen molar-refractivity contribution < 1.29 is 9.52 Å². The largest absolute Gasteiger partial charge is 0.457 e. The Labute approximate surface area is 119 Å². The molecule has 0 unspecified atom stereocenters. The summed E-state index contributed by atoms with van der Waals surface area (Å²) in [5.74, 6) is 1.14. The lowest BCUT2D eigenvalue weighted by Gasteiger charge is -2.01. The van der Waals surface area contributed by atoms with Crippen molar-refractivity contribution in [1.82, 2.24) is 19.8 Å². The lowest BCUT2D eigenvalue weighted by molar-refractivity contribution is 0.248. The van der Waals surface area contributed by atoms with Gasteiger partial charge in [-0.3, -0.25) is 0 Å². The molecule has 104 valence electrons. The van der Waals surface area contributed by atoms with E-state index in [0.29, 0.717) is 11.5 Å². The topological polar surface area (TPSA) is 69.0 Å². The maximum Gasteiger partial charge on any atom is 0.155 e. The number of aliphatic hydroxyl groups excluding tert-OH is 1. The van der Waals surface area contributed by atoms with Crippen molar-refractivity contribution in [1.29, 1.82) is 0 Å². The van der Waals surface area contributed by atoms with Gasteiger partial charge < -0.3 is 9.52 Å². The smallest absolute Gasteiger partial charge is 0.155 e. The molecule has 1 aromatic carbocycles. The number of rotatable bonds is 3. The summed E-state index contributed by atoms with van der Waals surface area (Å²) in [5.41, 5.74) is 1.65. The monoisotopic (exact) mass is 280 g/mol. The number of furan rings is 1. The summed E-state index contributed by atoms with van der Waals surface area (Å²) < 4.78 is 5.60. The van der Waals surface area contributed by atoms with E-state index in [9.17, 15) is 0 Å². The zero-order valence-corrected chi connectivity index (χ0v) is 11.0. The van der Waals surface area contributed by atoms with Gasteiger partial charge in [-0.1, -0.05) is 18.2 Å². The summed E-state index contributed by atoms with van der Waals surface area (Å²) in [6, 6.07) is 13.3. The number of aromatic nitrogens is 4. The molecule has 0 atom stereocenters. The molecule has 0 aliphatic rings.